The van der Waals surface area contributed by atoms with Crippen LogP contribution in [0.25, 0.3) is 11.1 Å². The highest BCUT2D eigenvalue weighted by Gasteiger charge is 2.29. The van der Waals surface area contributed by atoms with Gasteiger partial charge in [-0.25, -0.2) is 18.2 Å². The van der Waals surface area contributed by atoms with E-state index < -0.39 is 22.0 Å². The lowest BCUT2D eigenvalue weighted by Gasteiger charge is -2.23. The highest BCUT2D eigenvalue weighted by molar-refractivity contribution is 7.92. The number of carbonyl (C=O) groups is 2. The minimum Gasteiger partial charge on any atom is -0.497 e. The number of nitrogens with one attached hydrogen (secondary N) is 2. The van der Waals surface area contributed by atoms with Crippen molar-refractivity contribution in [2.75, 3.05) is 30.4 Å². The molecule has 0 spiro atoms. The van der Waals surface area contributed by atoms with Gasteiger partial charge in [-0.1, -0.05) is 75.4 Å². The summed E-state index contributed by atoms with van der Waals surface area (Å²) in [4.78, 5) is 29.7. The largest absolute Gasteiger partial charge is 0.497 e. The van der Waals surface area contributed by atoms with Gasteiger partial charge in [0.1, 0.15) is 36.2 Å². The van der Waals surface area contributed by atoms with Crippen molar-refractivity contribution in [3.63, 3.8) is 0 Å². The second-order valence-electron chi connectivity index (χ2n) is 12.2. The molecule has 2 amide bonds. The van der Waals surface area contributed by atoms with Crippen LogP contribution in [0, 0.1) is 0 Å². The molecule has 13 heteroatoms. The zero-order chi connectivity index (χ0) is 36.6. The van der Waals surface area contributed by atoms with E-state index in [0.717, 1.165) is 5.56 Å². The molecule has 51 heavy (non-hydrogen) atoms. The van der Waals surface area contributed by atoms with Gasteiger partial charge in [0, 0.05) is 17.8 Å². The lowest BCUT2D eigenvalue weighted by molar-refractivity contribution is 0.100. The van der Waals surface area contributed by atoms with Gasteiger partial charge < -0.3 is 24.7 Å². The Morgan fingerprint density at radius 1 is 0.843 bits per heavy atom. The maximum Gasteiger partial charge on any atom is 0.412 e. The Bertz CT molecular complexity index is 2100. The number of carbonyl (C=O) groups excluding carboxylic acids is 2. The van der Waals surface area contributed by atoms with Gasteiger partial charge >= 0.3 is 6.09 Å². The summed E-state index contributed by atoms with van der Waals surface area (Å²) >= 11 is 0. The van der Waals surface area contributed by atoms with Crippen LogP contribution in [-0.2, 0) is 20.2 Å². The van der Waals surface area contributed by atoms with Crippen molar-refractivity contribution >= 4 is 33.5 Å². The van der Waals surface area contributed by atoms with Crippen molar-refractivity contribution in [2.24, 2.45) is 5.73 Å². The second-order valence-corrected chi connectivity index (χ2v) is 13.9. The zero-order valence-corrected chi connectivity index (χ0v) is 29.3. The fourth-order valence-corrected chi connectivity index (χ4v) is 6.10. The normalized spacial score (nSPS) is 11.3. The van der Waals surface area contributed by atoms with Crippen LogP contribution in [0.2, 0.25) is 0 Å². The molecule has 1 aromatic heterocycles. The Morgan fingerprint density at radius 2 is 1.55 bits per heavy atom. The summed E-state index contributed by atoms with van der Waals surface area (Å²) in [7, 11) is -2.85. The van der Waals surface area contributed by atoms with Gasteiger partial charge in [0.25, 0.3) is 15.9 Å². The van der Waals surface area contributed by atoms with Crippen molar-refractivity contribution in [1.82, 2.24) is 4.98 Å². The van der Waals surface area contributed by atoms with E-state index in [2.05, 4.69) is 15.0 Å². The molecule has 4 N–H and O–H groups in total. The Labute approximate surface area is 296 Å². The number of benzene rings is 4. The summed E-state index contributed by atoms with van der Waals surface area (Å²) in [5.41, 5.74) is 7.11. The number of methoxy groups -OCH3 is 1. The van der Waals surface area contributed by atoms with Gasteiger partial charge in [0.2, 0.25) is 0 Å². The zero-order valence-electron chi connectivity index (χ0n) is 28.5. The minimum absolute atomic E-state index is 0.0242. The molecule has 0 aliphatic carbocycles. The number of hydrogen-bond acceptors (Lipinski definition) is 9. The molecule has 0 unspecified atom stereocenters. The number of anilines is 2. The molecule has 5 rings (SSSR count). The van der Waals surface area contributed by atoms with E-state index in [1.165, 1.54) is 31.5 Å². The van der Waals surface area contributed by atoms with Crippen LogP contribution < -0.4 is 30.0 Å². The Kier molecular flexibility index (Phi) is 11.1. The molecule has 12 nitrogen and oxygen atoms in total. The first-order valence-electron chi connectivity index (χ1n) is 15.8. The van der Waals surface area contributed by atoms with Crippen LogP contribution >= 0.6 is 0 Å². The molecule has 0 fully saturated rings. The molecule has 0 atom stereocenters. The number of nitrogens with zero attached hydrogens (tertiary/aromatic N) is 1. The first-order valence-corrected chi connectivity index (χ1v) is 17.3. The average molecular weight is 711 g/mol. The molecule has 0 aliphatic heterocycles. The predicted molar refractivity (Wildman–Crippen MR) is 194 cm³/mol. The minimum atomic E-state index is -4.34. The number of ether oxygens (including phenoxy) is 4. The topological polar surface area (TPSA) is 168 Å². The molecule has 1 heterocycles. The Hall–Kier alpha value is -6.08. The van der Waals surface area contributed by atoms with Crippen LogP contribution in [0.4, 0.5) is 16.3 Å². The van der Waals surface area contributed by atoms with E-state index in [1.807, 2.05) is 20.8 Å². The maximum atomic E-state index is 14.0. The van der Waals surface area contributed by atoms with Gasteiger partial charge in [-0.05, 0) is 59.0 Å². The van der Waals surface area contributed by atoms with E-state index in [0.29, 0.717) is 17.1 Å². The van der Waals surface area contributed by atoms with Crippen LogP contribution in [0.5, 0.6) is 23.0 Å². The monoisotopic (exact) mass is 710 g/mol. The fraction of sp³-hybridized carbons (Fsp3) is 0.184. The molecule has 4 aromatic carbocycles. The maximum absolute atomic E-state index is 14.0. The number of pyridine rings is 1. The molecule has 0 saturated carbocycles. The first-order chi connectivity index (χ1) is 24.4. The number of amides is 2. The van der Waals surface area contributed by atoms with Gasteiger partial charge in [-0.3, -0.25) is 14.8 Å². The van der Waals surface area contributed by atoms with Gasteiger partial charge in [-0.2, -0.15) is 0 Å². The predicted octanol–water partition coefficient (Wildman–Crippen LogP) is 7.37. The summed E-state index contributed by atoms with van der Waals surface area (Å²) in [5, 5.41) is 2.52. The number of sulfonamides is 1. The van der Waals surface area contributed by atoms with Crippen molar-refractivity contribution < 1.29 is 37.0 Å². The van der Waals surface area contributed by atoms with E-state index in [-0.39, 0.29) is 57.6 Å². The van der Waals surface area contributed by atoms with Crippen LogP contribution in [0.1, 0.15) is 36.7 Å². The molecule has 264 valence electrons. The number of nitrogens with two attached hydrogens (primary N) is 1. The number of primary amides is 1. The number of rotatable bonds is 13. The molecule has 5 aromatic rings. The SMILES string of the molecule is COc1cccc(Oc2c(OCCOC(=O)Nc3ccccn3)cc(-c3ccccc3)c(C(N)=O)c2NS(=O)(=O)c2ccc(C(C)(C)C)cc2)c1. The van der Waals surface area contributed by atoms with E-state index in [1.54, 1.807) is 84.9 Å². The lowest BCUT2D eigenvalue weighted by Crippen LogP contribution is -2.21. The lowest BCUT2D eigenvalue weighted by atomic mass is 9.87. The Morgan fingerprint density at radius 3 is 2.20 bits per heavy atom. The number of aromatic nitrogens is 1. The highest BCUT2D eigenvalue weighted by Crippen LogP contribution is 2.47. The summed E-state index contributed by atoms with van der Waals surface area (Å²) in [6.07, 6.45) is 0.764. The number of hydrogen-bond donors (Lipinski definition) is 3. The van der Waals surface area contributed by atoms with Gasteiger partial charge in [0.05, 0.1) is 17.6 Å². The molecule has 0 radical (unpaired) electrons. The van der Waals surface area contributed by atoms with Crippen molar-refractivity contribution in [2.45, 2.75) is 31.1 Å². The smallest absolute Gasteiger partial charge is 0.412 e. The molecule has 0 saturated heterocycles. The van der Waals surface area contributed by atoms with Crippen molar-refractivity contribution in [3.05, 3.63) is 120 Å². The van der Waals surface area contributed by atoms with Crippen molar-refractivity contribution in [3.8, 4) is 34.1 Å². The summed E-state index contributed by atoms with van der Waals surface area (Å²) in [6, 6.07) is 28.4. The Balaban J connectivity index is 1.60. The summed E-state index contributed by atoms with van der Waals surface area (Å²) in [5.74, 6) is -0.0636. The third-order valence-electron chi connectivity index (χ3n) is 7.57. The highest BCUT2D eigenvalue weighted by atomic mass is 32.2. The third-order valence-corrected chi connectivity index (χ3v) is 8.94. The molecular weight excluding hydrogens is 673 g/mol. The molecule has 0 bridgehead atoms. The first kappa shape index (κ1) is 36.2. The van der Waals surface area contributed by atoms with E-state index in [4.69, 9.17) is 24.7 Å². The molecule has 0 aliphatic rings. The van der Waals surface area contributed by atoms with E-state index >= 15 is 0 Å². The summed E-state index contributed by atoms with van der Waals surface area (Å²) < 4.78 is 53.7. The van der Waals surface area contributed by atoms with Crippen LogP contribution in [0.3, 0.4) is 0 Å². The van der Waals surface area contributed by atoms with Gasteiger partial charge in [0.15, 0.2) is 11.5 Å². The molecular formula is C38H38N4O8S. The average Bonchev–Trinajstić information content (AvgIpc) is 3.11. The second kappa shape index (κ2) is 15.6. The van der Waals surface area contributed by atoms with Crippen LogP contribution in [0.15, 0.2) is 114 Å². The summed E-state index contributed by atoms with van der Waals surface area (Å²) in [6.45, 7) is 5.66. The van der Waals surface area contributed by atoms with Crippen molar-refractivity contribution in [1.29, 1.82) is 0 Å². The fourth-order valence-electron chi connectivity index (χ4n) is 5.02. The van der Waals surface area contributed by atoms with E-state index in [9.17, 15) is 18.0 Å². The van der Waals surface area contributed by atoms with Crippen LogP contribution in [-0.4, -0.2) is 45.7 Å². The quantitative estimate of drug-likeness (QED) is 0.106. The third kappa shape index (κ3) is 9.13. The van der Waals surface area contributed by atoms with Gasteiger partial charge in [-0.15, -0.1) is 0 Å². The standard InChI is InChI=1S/C38H38N4O8S/c1-38(2,3)26-16-18-29(19-17-26)51(45,46)42-34-33(36(39)43)30(25-11-6-5-7-12-25)24-31(35(34)50-28-14-10-13-27(23-28)47-4)48-21-22-49-37(44)41-32-15-8-9-20-40-32/h5-20,23-24,42H,21-22H2,1-4H3,(H2,39,43)(H,40,41,44).